The third kappa shape index (κ3) is 4.45. The number of esters is 1. The first kappa shape index (κ1) is 18.7. The van der Waals surface area contributed by atoms with E-state index in [0.29, 0.717) is 16.9 Å². The molecule has 26 heavy (non-hydrogen) atoms. The van der Waals surface area contributed by atoms with E-state index in [2.05, 4.69) is 10.3 Å². The summed E-state index contributed by atoms with van der Waals surface area (Å²) < 4.78 is 9.97. The fraction of sp³-hybridized carbons (Fsp3) is 0.158. The fourth-order valence-electron chi connectivity index (χ4n) is 2.13. The summed E-state index contributed by atoms with van der Waals surface area (Å²) in [5.41, 5.74) is 0.582. The first-order valence-corrected chi connectivity index (χ1v) is 7.78. The minimum absolute atomic E-state index is 0.0640. The van der Waals surface area contributed by atoms with Crippen molar-refractivity contribution in [3.05, 3.63) is 65.5 Å². The first-order valence-electron chi connectivity index (χ1n) is 7.78. The molecule has 0 unspecified atom stereocenters. The van der Waals surface area contributed by atoms with Crippen molar-refractivity contribution >= 4 is 17.6 Å². The lowest BCUT2D eigenvalue weighted by atomic mass is 10.1. The summed E-state index contributed by atoms with van der Waals surface area (Å²) in [7, 11) is 1.53. The molecule has 7 nitrogen and oxygen atoms in total. The molecule has 132 valence electrons. The van der Waals surface area contributed by atoms with Crippen molar-refractivity contribution in [2.75, 3.05) is 13.7 Å². The van der Waals surface area contributed by atoms with Crippen LogP contribution >= 0.6 is 0 Å². The molecule has 1 N–H and O–H groups in total. The van der Waals surface area contributed by atoms with Crippen molar-refractivity contribution < 1.29 is 19.1 Å². The van der Waals surface area contributed by atoms with E-state index in [-0.39, 0.29) is 17.9 Å². The second-order valence-corrected chi connectivity index (χ2v) is 5.00. The number of nitrogens with one attached hydrogen (secondary N) is 1. The van der Waals surface area contributed by atoms with E-state index < -0.39 is 11.9 Å². The quantitative estimate of drug-likeness (QED) is 0.487. The lowest BCUT2D eigenvalue weighted by Gasteiger charge is -2.12. The molecule has 0 fully saturated rings. The number of amides is 1. The molecule has 0 spiro atoms. The number of nitriles is 1. The number of hydrogen-bond donors (Lipinski definition) is 1. The van der Waals surface area contributed by atoms with Gasteiger partial charge in [-0.25, -0.2) is 4.79 Å². The van der Waals surface area contributed by atoms with Gasteiger partial charge in [0, 0.05) is 23.5 Å². The molecule has 2 aromatic rings. The maximum atomic E-state index is 12.6. The van der Waals surface area contributed by atoms with Gasteiger partial charge in [0.1, 0.15) is 11.8 Å². The third-order valence-electron chi connectivity index (χ3n) is 3.40. The van der Waals surface area contributed by atoms with Crippen molar-refractivity contribution in [1.29, 1.82) is 5.26 Å². The van der Waals surface area contributed by atoms with E-state index in [0.717, 1.165) is 0 Å². The molecule has 0 saturated heterocycles. The summed E-state index contributed by atoms with van der Waals surface area (Å²) in [6.07, 6.45) is 2.99. The van der Waals surface area contributed by atoms with Gasteiger partial charge in [-0.15, -0.1) is 0 Å². The number of aromatic nitrogens is 1. The van der Waals surface area contributed by atoms with Crippen LogP contribution in [0.4, 0.5) is 0 Å². The van der Waals surface area contributed by atoms with Crippen LogP contribution in [0.2, 0.25) is 0 Å². The number of pyridine rings is 1. The molecule has 1 heterocycles. The summed E-state index contributed by atoms with van der Waals surface area (Å²) in [5, 5.41) is 12.0. The standard InChI is InChI=1S/C19H17N3O4/c1-3-26-19(24)16(12-20)17(13-8-10-21-11-9-13)22-18(23)14-4-6-15(25-2)7-5-14/h4-11H,3H2,1-2H3,(H,22,23)/b17-16+. The zero-order valence-electron chi connectivity index (χ0n) is 14.4. The van der Waals surface area contributed by atoms with E-state index in [1.165, 1.54) is 19.5 Å². The Labute approximate surface area is 150 Å². The molecule has 0 atom stereocenters. The molecule has 1 aromatic carbocycles. The number of carbonyl (C=O) groups is 2. The van der Waals surface area contributed by atoms with Crippen molar-refractivity contribution in [2.24, 2.45) is 0 Å². The summed E-state index contributed by atoms with van der Waals surface area (Å²) in [6.45, 7) is 1.75. The van der Waals surface area contributed by atoms with Gasteiger partial charge in [-0.05, 0) is 43.3 Å². The molecule has 7 heteroatoms. The number of rotatable bonds is 6. The molecule has 0 radical (unpaired) electrons. The second-order valence-electron chi connectivity index (χ2n) is 5.00. The minimum Gasteiger partial charge on any atom is -0.497 e. The van der Waals surface area contributed by atoms with Crippen LogP contribution in [0.1, 0.15) is 22.8 Å². The highest BCUT2D eigenvalue weighted by Crippen LogP contribution is 2.18. The highest BCUT2D eigenvalue weighted by atomic mass is 16.5. The number of nitrogens with zero attached hydrogens (tertiary/aromatic N) is 2. The Morgan fingerprint density at radius 3 is 2.31 bits per heavy atom. The number of carbonyl (C=O) groups excluding carboxylic acids is 2. The highest BCUT2D eigenvalue weighted by Gasteiger charge is 2.20. The number of benzene rings is 1. The summed E-state index contributed by atoms with van der Waals surface area (Å²) in [4.78, 5) is 28.6. The zero-order chi connectivity index (χ0) is 18.9. The van der Waals surface area contributed by atoms with Crippen LogP contribution in [-0.2, 0) is 9.53 Å². The minimum atomic E-state index is -0.808. The van der Waals surface area contributed by atoms with Crippen molar-refractivity contribution in [2.45, 2.75) is 6.92 Å². The van der Waals surface area contributed by atoms with Gasteiger partial charge in [-0.3, -0.25) is 9.78 Å². The van der Waals surface area contributed by atoms with Crippen molar-refractivity contribution in [1.82, 2.24) is 10.3 Å². The Kier molecular flexibility index (Phi) is 6.46. The van der Waals surface area contributed by atoms with E-state index in [9.17, 15) is 14.9 Å². The Balaban J connectivity index is 2.42. The molecule has 1 aromatic heterocycles. The highest BCUT2D eigenvalue weighted by molar-refractivity contribution is 6.07. The SMILES string of the molecule is CCOC(=O)/C(C#N)=C(/NC(=O)c1ccc(OC)cc1)c1ccncc1. The Morgan fingerprint density at radius 2 is 1.77 bits per heavy atom. The molecule has 0 saturated carbocycles. The Bertz CT molecular complexity index is 853. The average molecular weight is 351 g/mol. The van der Waals surface area contributed by atoms with Gasteiger partial charge in [0.05, 0.1) is 19.4 Å². The molecule has 0 aliphatic heterocycles. The maximum absolute atomic E-state index is 12.6. The molecule has 1 amide bonds. The number of hydrogen-bond acceptors (Lipinski definition) is 6. The summed E-state index contributed by atoms with van der Waals surface area (Å²) in [6, 6.07) is 11.4. The zero-order valence-corrected chi connectivity index (χ0v) is 14.4. The predicted molar refractivity (Wildman–Crippen MR) is 93.9 cm³/mol. The van der Waals surface area contributed by atoms with E-state index >= 15 is 0 Å². The molecule has 0 aliphatic rings. The van der Waals surface area contributed by atoms with E-state index in [1.807, 2.05) is 6.07 Å². The second kappa shape index (κ2) is 8.99. The van der Waals surface area contributed by atoms with Gasteiger partial charge in [0.15, 0.2) is 5.57 Å². The van der Waals surface area contributed by atoms with Crippen molar-refractivity contribution in [3.8, 4) is 11.8 Å². The molecule has 0 bridgehead atoms. The average Bonchev–Trinajstić information content (AvgIpc) is 2.68. The fourth-order valence-corrected chi connectivity index (χ4v) is 2.13. The summed E-state index contributed by atoms with van der Waals surface area (Å²) in [5.74, 6) is -0.677. The van der Waals surface area contributed by atoms with Crippen LogP contribution in [0, 0.1) is 11.3 Å². The number of methoxy groups -OCH3 is 1. The molecular formula is C19H17N3O4. The van der Waals surface area contributed by atoms with Crippen LogP contribution in [0.15, 0.2) is 54.4 Å². The Hall–Kier alpha value is -3.66. The van der Waals surface area contributed by atoms with Gasteiger partial charge in [0.25, 0.3) is 5.91 Å². The van der Waals surface area contributed by atoms with Gasteiger partial charge >= 0.3 is 5.97 Å². The first-order chi connectivity index (χ1) is 12.6. The van der Waals surface area contributed by atoms with Crippen LogP contribution in [0.5, 0.6) is 5.75 Å². The van der Waals surface area contributed by atoms with Crippen LogP contribution in [0.3, 0.4) is 0 Å². The van der Waals surface area contributed by atoms with Crippen molar-refractivity contribution in [3.63, 3.8) is 0 Å². The summed E-state index contributed by atoms with van der Waals surface area (Å²) >= 11 is 0. The normalized spacial score (nSPS) is 11.0. The van der Waals surface area contributed by atoms with Crippen LogP contribution in [-0.4, -0.2) is 30.6 Å². The van der Waals surface area contributed by atoms with Crippen LogP contribution < -0.4 is 10.1 Å². The topological polar surface area (TPSA) is 101 Å². The van der Waals surface area contributed by atoms with Gasteiger partial charge in [-0.2, -0.15) is 5.26 Å². The lowest BCUT2D eigenvalue weighted by molar-refractivity contribution is -0.137. The Morgan fingerprint density at radius 1 is 1.12 bits per heavy atom. The molecule has 0 aliphatic carbocycles. The van der Waals surface area contributed by atoms with Gasteiger partial charge in [-0.1, -0.05) is 0 Å². The predicted octanol–water partition coefficient (Wildman–Crippen LogP) is 2.32. The maximum Gasteiger partial charge on any atom is 0.351 e. The molecular weight excluding hydrogens is 334 g/mol. The molecule has 2 rings (SSSR count). The van der Waals surface area contributed by atoms with E-state index in [1.54, 1.807) is 43.3 Å². The third-order valence-corrected chi connectivity index (χ3v) is 3.40. The van der Waals surface area contributed by atoms with Crippen LogP contribution in [0.25, 0.3) is 5.70 Å². The monoisotopic (exact) mass is 351 g/mol. The van der Waals surface area contributed by atoms with Gasteiger partial charge < -0.3 is 14.8 Å². The lowest BCUT2D eigenvalue weighted by Crippen LogP contribution is -2.25. The van der Waals surface area contributed by atoms with E-state index in [4.69, 9.17) is 9.47 Å². The van der Waals surface area contributed by atoms with Gasteiger partial charge in [0.2, 0.25) is 0 Å². The smallest absolute Gasteiger partial charge is 0.351 e. The largest absolute Gasteiger partial charge is 0.497 e. The number of ether oxygens (including phenoxy) is 2.